The van der Waals surface area contributed by atoms with Crippen LogP contribution in [0, 0.1) is 0 Å². The number of amides is 1. The summed E-state index contributed by atoms with van der Waals surface area (Å²) in [5.41, 5.74) is 6.06. The van der Waals surface area contributed by atoms with E-state index < -0.39 is 0 Å². The predicted octanol–water partition coefficient (Wildman–Crippen LogP) is 1.06. The first-order valence-electron chi connectivity index (χ1n) is 6.86. The molecule has 112 valence electrons. The van der Waals surface area contributed by atoms with E-state index in [0.717, 1.165) is 29.6 Å². The molecule has 2 aromatic heterocycles. The molecule has 0 radical (unpaired) electrons. The van der Waals surface area contributed by atoms with E-state index in [-0.39, 0.29) is 5.91 Å². The Bertz CT molecular complexity index is 589. The van der Waals surface area contributed by atoms with E-state index in [1.807, 2.05) is 21.9 Å². The Morgan fingerprint density at radius 2 is 2.10 bits per heavy atom. The quantitative estimate of drug-likeness (QED) is 0.911. The standard InChI is InChI=1S/C13H17N5OS2/c14-2-1-11-16-10(9-21-11)12(19)17-4-6-18(7-5-17)13-15-3-8-20-13/h3,8-9H,1-2,4-7,14H2. The topological polar surface area (TPSA) is 75.3 Å². The van der Waals surface area contributed by atoms with Crippen LogP contribution in [0.4, 0.5) is 5.13 Å². The van der Waals surface area contributed by atoms with Crippen molar-refractivity contribution in [3.05, 3.63) is 27.7 Å². The van der Waals surface area contributed by atoms with Crippen molar-refractivity contribution in [1.82, 2.24) is 14.9 Å². The van der Waals surface area contributed by atoms with Crippen molar-refractivity contribution in [2.75, 3.05) is 37.6 Å². The third-order valence-electron chi connectivity index (χ3n) is 3.39. The monoisotopic (exact) mass is 323 g/mol. The summed E-state index contributed by atoms with van der Waals surface area (Å²) < 4.78 is 0. The van der Waals surface area contributed by atoms with Gasteiger partial charge in [0.05, 0.1) is 5.01 Å². The molecule has 3 heterocycles. The van der Waals surface area contributed by atoms with Gasteiger partial charge in [-0.15, -0.1) is 22.7 Å². The molecule has 0 spiro atoms. The van der Waals surface area contributed by atoms with E-state index in [4.69, 9.17) is 5.73 Å². The van der Waals surface area contributed by atoms with E-state index >= 15 is 0 Å². The van der Waals surface area contributed by atoms with Gasteiger partial charge in [-0.1, -0.05) is 0 Å². The van der Waals surface area contributed by atoms with Crippen LogP contribution >= 0.6 is 22.7 Å². The molecule has 6 nitrogen and oxygen atoms in total. The first kappa shape index (κ1) is 14.4. The number of aromatic nitrogens is 2. The Morgan fingerprint density at radius 3 is 2.76 bits per heavy atom. The zero-order valence-corrected chi connectivity index (χ0v) is 13.2. The van der Waals surface area contributed by atoms with Gasteiger partial charge in [0, 0.05) is 49.6 Å². The lowest BCUT2D eigenvalue weighted by atomic mass is 10.3. The second-order valence-corrected chi connectivity index (χ2v) is 6.57. The largest absolute Gasteiger partial charge is 0.345 e. The summed E-state index contributed by atoms with van der Waals surface area (Å²) in [6.07, 6.45) is 2.54. The lowest BCUT2D eigenvalue weighted by Crippen LogP contribution is -2.48. The fourth-order valence-corrected chi connectivity index (χ4v) is 3.77. The van der Waals surface area contributed by atoms with Gasteiger partial charge in [-0.05, 0) is 6.54 Å². The number of hydrogen-bond donors (Lipinski definition) is 1. The molecule has 0 aromatic carbocycles. The molecule has 1 aliphatic rings. The molecule has 0 bridgehead atoms. The molecule has 8 heteroatoms. The number of nitrogens with two attached hydrogens (primary N) is 1. The highest BCUT2D eigenvalue weighted by molar-refractivity contribution is 7.13. The lowest BCUT2D eigenvalue weighted by Gasteiger charge is -2.34. The predicted molar refractivity (Wildman–Crippen MR) is 85.1 cm³/mol. The van der Waals surface area contributed by atoms with Gasteiger partial charge < -0.3 is 15.5 Å². The maximum absolute atomic E-state index is 12.4. The van der Waals surface area contributed by atoms with Gasteiger partial charge in [-0.25, -0.2) is 9.97 Å². The Morgan fingerprint density at radius 1 is 1.29 bits per heavy atom. The minimum Gasteiger partial charge on any atom is -0.345 e. The van der Waals surface area contributed by atoms with Crippen molar-refractivity contribution in [1.29, 1.82) is 0 Å². The minimum atomic E-state index is 0.0216. The number of carbonyl (C=O) groups excluding carboxylic acids is 1. The highest BCUT2D eigenvalue weighted by atomic mass is 32.1. The minimum absolute atomic E-state index is 0.0216. The van der Waals surface area contributed by atoms with Crippen LogP contribution in [-0.2, 0) is 6.42 Å². The molecule has 1 saturated heterocycles. The lowest BCUT2D eigenvalue weighted by molar-refractivity contribution is 0.0741. The molecule has 21 heavy (non-hydrogen) atoms. The molecule has 1 fully saturated rings. The molecule has 1 amide bonds. The first-order valence-corrected chi connectivity index (χ1v) is 8.62. The second kappa shape index (κ2) is 6.50. The van der Waals surface area contributed by atoms with Gasteiger partial charge >= 0.3 is 0 Å². The number of hydrogen-bond acceptors (Lipinski definition) is 7. The summed E-state index contributed by atoms with van der Waals surface area (Å²) in [5.74, 6) is 0.0216. The van der Waals surface area contributed by atoms with Crippen LogP contribution in [0.25, 0.3) is 0 Å². The zero-order chi connectivity index (χ0) is 14.7. The summed E-state index contributed by atoms with van der Waals surface area (Å²) in [6, 6.07) is 0. The number of anilines is 1. The average molecular weight is 323 g/mol. The smallest absolute Gasteiger partial charge is 0.273 e. The van der Waals surface area contributed by atoms with E-state index in [9.17, 15) is 4.79 Å². The van der Waals surface area contributed by atoms with Crippen LogP contribution in [0.3, 0.4) is 0 Å². The van der Waals surface area contributed by atoms with Crippen molar-refractivity contribution in [3.63, 3.8) is 0 Å². The van der Waals surface area contributed by atoms with Crippen molar-refractivity contribution in [3.8, 4) is 0 Å². The summed E-state index contributed by atoms with van der Waals surface area (Å²) >= 11 is 3.14. The SMILES string of the molecule is NCCc1nc(C(=O)N2CCN(c3nccs3)CC2)cs1. The first-order chi connectivity index (χ1) is 10.3. The van der Waals surface area contributed by atoms with Crippen LogP contribution in [0.15, 0.2) is 17.0 Å². The second-order valence-electron chi connectivity index (χ2n) is 4.76. The van der Waals surface area contributed by atoms with Crippen LogP contribution in [-0.4, -0.2) is 53.5 Å². The fourth-order valence-electron chi connectivity index (χ4n) is 2.28. The summed E-state index contributed by atoms with van der Waals surface area (Å²) in [6.45, 7) is 3.62. The van der Waals surface area contributed by atoms with Crippen LogP contribution in [0.1, 0.15) is 15.5 Å². The number of nitrogens with zero attached hydrogens (tertiary/aromatic N) is 4. The number of piperazine rings is 1. The van der Waals surface area contributed by atoms with Crippen LogP contribution in [0.2, 0.25) is 0 Å². The van der Waals surface area contributed by atoms with Gasteiger partial charge in [0.1, 0.15) is 5.69 Å². The van der Waals surface area contributed by atoms with Crippen molar-refractivity contribution >= 4 is 33.7 Å². The third kappa shape index (κ3) is 3.22. The Balaban J connectivity index is 1.59. The molecule has 2 aromatic rings. The maximum Gasteiger partial charge on any atom is 0.273 e. The maximum atomic E-state index is 12.4. The van der Waals surface area contributed by atoms with Gasteiger partial charge in [-0.2, -0.15) is 0 Å². The average Bonchev–Trinajstić information content (AvgIpc) is 3.19. The van der Waals surface area contributed by atoms with Crippen LogP contribution < -0.4 is 10.6 Å². The van der Waals surface area contributed by atoms with E-state index in [1.54, 1.807) is 11.3 Å². The normalized spacial score (nSPS) is 15.5. The van der Waals surface area contributed by atoms with Gasteiger partial charge in [-0.3, -0.25) is 4.79 Å². The Hall–Kier alpha value is -1.51. The fraction of sp³-hybridized carbons (Fsp3) is 0.462. The third-order valence-corrected chi connectivity index (χ3v) is 5.13. The highest BCUT2D eigenvalue weighted by Crippen LogP contribution is 2.20. The highest BCUT2D eigenvalue weighted by Gasteiger charge is 2.24. The molecule has 0 saturated carbocycles. The summed E-state index contributed by atoms with van der Waals surface area (Å²) in [7, 11) is 0. The molecule has 0 unspecified atom stereocenters. The van der Waals surface area contributed by atoms with Gasteiger partial charge in [0.2, 0.25) is 0 Å². The summed E-state index contributed by atoms with van der Waals surface area (Å²) in [5, 5.41) is 5.77. The molecular weight excluding hydrogens is 306 g/mol. The summed E-state index contributed by atoms with van der Waals surface area (Å²) in [4.78, 5) is 25.2. The van der Waals surface area contributed by atoms with E-state index in [1.165, 1.54) is 11.3 Å². The Labute approximate surface area is 131 Å². The Kier molecular flexibility index (Phi) is 4.47. The molecule has 3 rings (SSSR count). The van der Waals surface area contributed by atoms with E-state index in [0.29, 0.717) is 25.3 Å². The van der Waals surface area contributed by atoms with Crippen molar-refractivity contribution in [2.24, 2.45) is 5.73 Å². The molecule has 0 aliphatic carbocycles. The molecular formula is C13H17N5OS2. The number of carbonyl (C=O) groups is 1. The number of thiazole rings is 2. The van der Waals surface area contributed by atoms with Crippen molar-refractivity contribution in [2.45, 2.75) is 6.42 Å². The molecule has 0 atom stereocenters. The molecule has 2 N–H and O–H groups in total. The van der Waals surface area contributed by atoms with Crippen molar-refractivity contribution < 1.29 is 4.79 Å². The van der Waals surface area contributed by atoms with E-state index in [2.05, 4.69) is 14.9 Å². The van der Waals surface area contributed by atoms with Crippen LogP contribution in [0.5, 0.6) is 0 Å². The van der Waals surface area contributed by atoms with Gasteiger partial charge in [0.25, 0.3) is 5.91 Å². The number of rotatable bonds is 4. The zero-order valence-electron chi connectivity index (χ0n) is 11.6. The van der Waals surface area contributed by atoms with Gasteiger partial charge in [0.15, 0.2) is 5.13 Å². The molecule has 1 aliphatic heterocycles.